The van der Waals surface area contributed by atoms with Crippen LogP contribution in [0.15, 0.2) is 24.3 Å². The summed E-state index contributed by atoms with van der Waals surface area (Å²) < 4.78 is 0. The van der Waals surface area contributed by atoms with Crippen LogP contribution in [0.5, 0.6) is 0 Å². The number of aliphatic hydroxyl groups is 1. The quantitative estimate of drug-likeness (QED) is 0.838. The molecule has 2 unspecified atom stereocenters. The lowest BCUT2D eigenvalue weighted by Gasteiger charge is -2.33. The third kappa shape index (κ3) is 4.57. The second-order valence-corrected chi connectivity index (χ2v) is 6.58. The number of amides is 2. The molecule has 1 aromatic carbocycles. The summed E-state index contributed by atoms with van der Waals surface area (Å²) in [5.41, 5.74) is 1.76. The molecule has 1 aliphatic rings. The van der Waals surface area contributed by atoms with Gasteiger partial charge in [0.05, 0.1) is 12.5 Å². The molecule has 0 aromatic heterocycles. The van der Waals surface area contributed by atoms with Crippen LogP contribution in [0.3, 0.4) is 0 Å². The highest BCUT2D eigenvalue weighted by Crippen LogP contribution is 2.20. The molecule has 1 saturated heterocycles. The van der Waals surface area contributed by atoms with Crippen molar-refractivity contribution in [3.05, 3.63) is 35.4 Å². The topological polar surface area (TPSA) is 69.6 Å². The number of benzene rings is 1. The largest absolute Gasteiger partial charge is 0.392 e. The van der Waals surface area contributed by atoms with Crippen LogP contribution >= 0.6 is 0 Å². The zero-order chi connectivity index (χ0) is 17.5. The maximum atomic E-state index is 12.5. The molecule has 24 heavy (non-hydrogen) atoms. The van der Waals surface area contributed by atoms with Gasteiger partial charge in [0, 0.05) is 25.6 Å². The monoisotopic (exact) mass is 332 g/mol. The van der Waals surface area contributed by atoms with Crippen LogP contribution in [0, 0.1) is 11.8 Å². The summed E-state index contributed by atoms with van der Waals surface area (Å²) in [7, 11) is 0. The van der Waals surface area contributed by atoms with Crippen LogP contribution in [0.2, 0.25) is 0 Å². The summed E-state index contributed by atoms with van der Waals surface area (Å²) in [6, 6.07) is 7.53. The number of piperidine rings is 1. The Morgan fingerprint density at radius 3 is 2.71 bits per heavy atom. The van der Waals surface area contributed by atoms with E-state index in [-0.39, 0.29) is 30.3 Å². The van der Waals surface area contributed by atoms with E-state index in [1.807, 2.05) is 43.0 Å². The molecule has 0 spiro atoms. The van der Waals surface area contributed by atoms with Gasteiger partial charge in [-0.05, 0) is 30.4 Å². The normalized spacial score (nSPS) is 19.0. The van der Waals surface area contributed by atoms with E-state index in [2.05, 4.69) is 5.32 Å². The van der Waals surface area contributed by atoms with E-state index in [1.54, 1.807) is 0 Å². The number of carbonyl (C=O) groups excluding carboxylic acids is 2. The maximum Gasteiger partial charge on any atom is 0.225 e. The van der Waals surface area contributed by atoms with Crippen molar-refractivity contribution in [3.63, 3.8) is 0 Å². The standard InChI is InChI=1S/C19H28N2O3/c1-3-14(2)19(24)21-10-6-9-16(12-21)18(23)20-11-15-7-4-5-8-17(15)13-22/h4-5,7-8,14,16,22H,3,6,9-13H2,1-2H3,(H,20,23). The van der Waals surface area contributed by atoms with Crippen LogP contribution in [0.4, 0.5) is 0 Å². The predicted molar refractivity (Wildman–Crippen MR) is 93.0 cm³/mol. The number of likely N-dealkylation sites (tertiary alicyclic amines) is 1. The fourth-order valence-corrected chi connectivity index (χ4v) is 3.09. The van der Waals surface area contributed by atoms with E-state index in [9.17, 15) is 14.7 Å². The minimum atomic E-state index is -0.145. The number of rotatable bonds is 6. The molecule has 0 bridgehead atoms. The van der Waals surface area contributed by atoms with Gasteiger partial charge in [-0.1, -0.05) is 38.1 Å². The molecule has 2 N–H and O–H groups in total. The number of aliphatic hydroxyl groups excluding tert-OH is 1. The molecule has 132 valence electrons. The lowest BCUT2D eigenvalue weighted by atomic mass is 9.95. The van der Waals surface area contributed by atoms with E-state index in [0.29, 0.717) is 13.1 Å². The van der Waals surface area contributed by atoms with Gasteiger partial charge in [0.2, 0.25) is 11.8 Å². The lowest BCUT2D eigenvalue weighted by Crippen LogP contribution is -2.46. The lowest BCUT2D eigenvalue weighted by molar-refractivity contribution is -0.139. The van der Waals surface area contributed by atoms with Gasteiger partial charge in [-0.3, -0.25) is 9.59 Å². The zero-order valence-corrected chi connectivity index (χ0v) is 14.6. The first-order valence-corrected chi connectivity index (χ1v) is 8.81. The van der Waals surface area contributed by atoms with E-state index in [1.165, 1.54) is 0 Å². The number of nitrogens with one attached hydrogen (secondary N) is 1. The molecule has 0 aliphatic carbocycles. The second kappa shape index (κ2) is 8.83. The Bertz CT molecular complexity index is 573. The zero-order valence-electron chi connectivity index (χ0n) is 14.6. The van der Waals surface area contributed by atoms with Crippen molar-refractivity contribution >= 4 is 11.8 Å². The molecule has 1 fully saturated rings. The third-order valence-corrected chi connectivity index (χ3v) is 4.88. The molecule has 2 atom stereocenters. The van der Waals surface area contributed by atoms with Gasteiger partial charge in [-0.15, -0.1) is 0 Å². The molecule has 2 amide bonds. The van der Waals surface area contributed by atoms with E-state index >= 15 is 0 Å². The summed E-state index contributed by atoms with van der Waals surface area (Å²) in [5, 5.41) is 12.3. The first kappa shape index (κ1) is 18.5. The maximum absolute atomic E-state index is 12.5. The van der Waals surface area contributed by atoms with Gasteiger partial charge in [0.15, 0.2) is 0 Å². The number of carbonyl (C=O) groups is 2. The minimum Gasteiger partial charge on any atom is -0.392 e. The average molecular weight is 332 g/mol. The van der Waals surface area contributed by atoms with Crippen LogP contribution in [-0.4, -0.2) is 34.9 Å². The summed E-state index contributed by atoms with van der Waals surface area (Å²) in [6.07, 6.45) is 2.51. The number of hydrogen-bond donors (Lipinski definition) is 2. The Kier molecular flexibility index (Phi) is 6.79. The molecule has 0 saturated carbocycles. The SMILES string of the molecule is CCC(C)C(=O)N1CCCC(C(=O)NCc2ccccc2CO)C1. The summed E-state index contributed by atoms with van der Waals surface area (Å²) in [5.74, 6) is 0.0151. The summed E-state index contributed by atoms with van der Waals surface area (Å²) in [4.78, 5) is 26.6. The minimum absolute atomic E-state index is 0.00982. The van der Waals surface area contributed by atoms with E-state index < -0.39 is 0 Å². The van der Waals surface area contributed by atoms with E-state index in [4.69, 9.17) is 0 Å². The summed E-state index contributed by atoms with van der Waals surface area (Å²) >= 11 is 0. The van der Waals surface area contributed by atoms with Crippen molar-refractivity contribution < 1.29 is 14.7 Å². The van der Waals surface area contributed by atoms with Gasteiger partial charge in [-0.25, -0.2) is 0 Å². The van der Waals surface area contributed by atoms with Gasteiger partial charge in [0.25, 0.3) is 0 Å². The second-order valence-electron chi connectivity index (χ2n) is 6.58. The fraction of sp³-hybridized carbons (Fsp3) is 0.579. The highest BCUT2D eigenvalue weighted by atomic mass is 16.3. The Morgan fingerprint density at radius 2 is 2.04 bits per heavy atom. The third-order valence-electron chi connectivity index (χ3n) is 4.88. The number of hydrogen-bond acceptors (Lipinski definition) is 3. The molecule has 5 nitrogen and oxygen atoms in total. The molecule has 5 heteroatoms. The van der Waals surface area contributed by atoms with Crippen LogP contribution in [0.25, 0.3) is 0 Å². The highest BCUT2D eigenvalue weighted by molar-refractivity contribution is 5.82. The Hall–Kier alpha value is -1.88. The number of nitrogens with zero attached hydrogens (tertiary/aromatic N) is 1. The first-order chi connectivity index (χ1) is 11.6. The Labute approximate surface area is 144 Å². The van der Waals surface area contributed by atoms with Crippen LogP contribution in [-0.2, 0) is 22.7 Å². The van der Waals surface area contributed by atoms with Crippen LogP contribution < -0.4 is 5.32 Å². The molecular formula is C19H28N2O3. The fourth-order valence-electron chi connectivity index (χ4n) is 3.09. The smallest absolute Gasteiger partial charge is 0.225 e. The Balaban J connectivity index is 1.91. The molecule has 2 rings (SSSR count). The van der Waals surface area contributed by atoms with Crippen molar-refractivity contribution in [2.24, 2.45) is 11.8 Å². The predicted octanol–water partition coefficient (Wildman–Crippen LogP) is 2.08. The first-order valence-electron chi connectivity index (χ1n) is 8.81. The summed E-state index contributed by atoms with van der Waals surface area (Å²) in [6.45, 7) is 5.59. The van der Waals surface area contributed by atoms with Crippen molar-refractivity contribution in [2.45, 2.75) is 46.3 Å². The van der Waals surface area contributed by atoms with Crippen molar-refractivity contribution in [1.29, 1.82) is 0 Å². The molecular weight excluding hydrogens is 304 g/mol. The van der Waals surface area contributed by atoms with Crippen molar-refractivity contribution in [2.75, 3.05) is 13.1 Å². The van der Waals surface area contributed by atoms with Crippen molar-refractivity contribution in [1.82, 2.24) is 10.2 Å². The molecule has 1 heterocycles. The van der Waals surface area contributed by atoms with Gasteiger partial charge in [0.1, 0.15) is 0 Å². The van der Waals surface area contributed by atoms with Gasteiger partial charge in [-0.2, -0.15) is 0 Å². The van der Waals surface area contributed by atoms with Gasteiger partial charge >= 0.3 is 0 Å². The van der Waals surface area contributed by atoms with Gasteiger partial charge < -0.3 is 15.3 Å². The average Bonchev–Trinajstić information content (AvgIpc) is 2.65. The molecule has 1 aromatic rings. The van der Waals surface area contributed by atoms with Crippen molar-refractivity contribution in [3.8, 4) is 0 Å². The van der Waals surface area contributed by atoms with Crippen LogP contribution in [0.1, 0.15) is 44.2 Å². The highest BCUT2D eigenvalue weighted by Gasteiger charge is 2.29. The Morgan fingerprint density at radius 1 is 1.33 bits per heavy atom. The van der Waals surface area contributed by atoms with E-state index in [0.717, 1.165) is 36.9 Å². The molecule has 0 radical (unpaired) electrons. The molecule has 1 aliphatic heterocycles.